The standard InChI is InChI=1S/C32H42N4O5/c1-6-41-30(39)22-11-10-12-23(18-22)33-31(40)34-25-19-35(24-13-8-7-9-14-24)26-16-15-21(2)17-27(26)36(29(25)38)20-28(37)32(3,4)5/h10-12,15-18,24-25H,6-9,13-14,19-20H2,1-5H3,(H2,33,34,40). The number of fused-ring (bicyclic) bond motifs is 1. The van der Waals surface area contributed by atoms with Crippen LogP contribution in [0.2, 0.25) is 0 Å². The zero-order valence-electron chi connectivity index (χ0n) is 24.8. The molecule has 3 amide bonds. The van der Waals surface area contributed by atoms with E-state index < -0.39 is 23.5 Å². The Morgan fingerprint density at radius 3 is 2.41 bits per heavy atom. The lowest BCUT2D eigenvalue weighted by Gasteiger charge is -2.37. The van der Waals surface area contributed by atoms with Crippen LogP contribution in [0, 0.1) is 12.3 Å². The fourth-order valence-corrected chi connectivity index (χ4v) is 5.43. The maximum atomic E-state index is 14.2. The number of ketones is 1. The molecule has 1 fully saturated rings. The number of carbonyl (C=O) groups excluding carboxylic acids is 4. The largest absolute Gasteiger partial charge is 0.462 e. The Kier molecular flexibility index (Phi) is 9.35. The Balaban J connectivity index is 1.65. The number of amides is 3. The molecule has 1 heterocycles. The number of nitrogens with one attached hydrogen (secondary N) is 2. The summed E-state index contributed by atoms with van der Waals surface area (Å²) in [5, 5.41) is 5.64. The van der Waals surface area contributed by atoms with Crippen molar-refractivity contribution >= 4 is 40.8 Å². The number of hydrogen-bond donors (Lipinski definition) is 2. The Labute approximate surface area is 242 Å². The van der Waals surface area contributed by atoms with Gasteiger partial charge >= 0.3 is 12.0 Å². The van der Waals surface area contributed by atoms with E-state index in [0.717, 1.165) is 36.9 Å². The van der Waals surface area contributed by atoms with Gasteiger partial charge in [-0.05, 0) is 62.6 Å². The fourth-order valence-electron chi connectivity index (χ4n) is 5.43. The molecule has 1 unspecified atom stereocenters. The van der Waals surface area contributed by atoms with Gasteiger partial charge in [-0.3, -0.25) is 9.59 Å². The minimum atomic E-state index is -0.898. The summed E-state index contributed by atoms with van der Waals surface area (Å²) in [6, 6.07) is 11.2. The second-order valence-electron chi connectivity index (χ2n) is 12.0. The average molecular weight is 563 g/mol. The van der Waals surface area contributed by atoms with E-state index >= 15 is 0 Å². The number of carbonyl (C=O) groups is 4. The highest BCUT2D eigenvalue weighted by Gasteiger charge is 2.39. The first-order valence-electron chi connectivity index (χ1n) is 14.5. The predicted octanol–water partition coefficient (Wildman–Crippen LogP) is 5.46. The maximum absolute atomic E-state index is 14.2. The monoisotopic (exact) mass is 562 g/mol. The molecule has 0 saturated heterocycles. The van der Waals surface area contributed by atoms with Gasteiger partial charge < -0.3 is 25.2 Å². The second kappa shape index (κ2) is 12.7. The van der Waals surface area contributed by atoms with Gasteiger partial charge in [-0.1, -0.05) is 52.2 Å². The molecule has 9 nitrogen and oxygen atoms in total. The van der Waals surface area contributed by atoms with E-state index in [2.05, 4.69) is 15.5 Å². The third-order valence-electron chi connectivity index (χ3n) is 7.77. The van der Waals surface area contributed by atoms with Crippen LogP contribution in [-0.2, 0) is 14.3 Å². The van der Waals surface area contributed by atoms with Crippen LogP contribution in [0.3, 0.4) is 0 Å². The van der Waals surface area contributed by atoms with Crippen LogP contribution < -0.4 is 20.4 Å². The third-order valence-corrected chi connectivity index (χ3v) is 7.77. The molecule has 9 heteroatoms. The molecule has 1 atom stereocenters. The number of esters is 1. The SMILES string of the molecule is CCOC(=O)c1cccc(NC(=O)NC2CN(C3CCCCC3)c3ccc(C)cc3N(CC(=O)C(C)(C)C)C2=O)c1. The fraction of sp³-hybridized carbons (Fsp3) is 0.500. The second-order valence-corrected chi connectivity index (χ2v) is 12.0. The first kappa shape index (κ1) is 30.1. The van der Waals surface area contributed by atoms with Crippen molar-refractivity contribution in [3.8, 4) is 0 Å². The molecule has 2 aliphatic rings. The summed E-state index contributed by atoms with van der Waals surface area (Å²) < 4.78 is 5.06. The molecule has 0 bridgehead atoms. The predicted molar refractivity (Wildman–Crippen MR) is 161 cm³/mol. The Morgan fingerprint density at radius 1 is 1.00 bits per heavy atom. The van der Waals surface area contributed by atoms with Gasteiger partial charge in [-0.25, -0.2) is 9.59 Å². The van der Waals surface area contributed by atoms with E-state index in [1.807, 2.05) is 45.9 Å². The van der Waals surface area contributed by atoms with Crippen LogP contribution in [0.5, 0.6) is 0 Å². The average Bonchev–Trinajstić information content (AvgIpc) is 3.03. The van der Waals surface area contributed by atoms with Gasteiger partial charge in [0.1, 0.15) is 6.04 Å². The lowest BCUT2D eigenvalue weighted by atomic mass is 9.90. The van der Waals surface area contributed by atoms with Gasteiger partial charge in [0.25, 0.3) is 5.91 Å². The van der Waals surface area contributed by atoms with Gasteiger partial charge in [0.15, 0.2) is 5.78 Å². The number of rotatable bonds is 7. The van der Waals surface area contributed by atoms with E-state index in [4.69, 9.17) is 4.74 Å². The van der Waals surface area contributed by atoms with E-state index in [0.29, 0.717) is 16.9 Å². The zero-order valence-corrected chi connectivity index (χ0v) is 24.8. The Morgan fingerprint density at radius 2 is 1.73 bits per heavy atom. The number of urea groups is 1. The molecule has 1 aliphatic carbocycles. The molecule has 0 aromatic heterocycles. The number of Topliss-reactive ketones (excluding diaryl/α,β-unsaturated/α-hetero) is 1. The lowest BCUT2D eigenvalue weighted by Crippen LogP contribution is -2.55. The summed E-state index contributed by atoms with van der Waals surface area (Å²) >= 11 is 0. The quantitative estimate of drug-likeness (QED) is 0.434. The first-order valence-corrected chi connectivity index (χ1v) is 14.5. The van der Waals surface area contributed by atoms with Crippen LogP contribution >= 0.6 is 0 Å². The van der Waals surface area contributed by atoms with Crippen molar-refractivity contribution in [1.82, 2.24) is 5.32 Å². The molecule has 2 N–H and O–H groups in total. The molecule has 1 aliphatic heterocycles. The molecule has 1 saturated carbocycles. The smallest absolute Gasteiger partial charge is 0.338 e. The van der Waals surface area contributed by atoms with Crippen molar-refractivity contribution in [1.29, 1.82) is 0 Å². The van der Waals surface area contributed by atoms with E-state index in [9.17, 15) is 19.2 Å². The van der Waals surface area contributed by atoms with Gasteiger partial charge in [0, 0.05) is 23.7 Å². The van der Waals surface area contributed by atoms with Crippen LogP contribution in [0.4, 0.5) is 21.9 Å². The molecule has 220 valence electrons. The van der Waals surface area contributed by atoms with E-state index in [1.54, 1.807) is 30.0 Å². The van der Waals surface area contributed by atoms with Crippen molar-refractivity contribution in [2.45, 2.75) is 78.8 Å². The third kappa shape index (κ3) is 7.26. The van der Waals surface area contributed by atoms with Crippen molar-refractivity contribution < 1.29 is 23.9 Å². The van der Waals surface area contributed by atoms with Crippen LogP contribution in [0.25, 0.3) is 0 Å². The molecular weight excluding hydrogens is 520 g/mol. The Hall–Kier alpha value is -3.88. The molecule has 2 aromatic rings. The number of aryl methyl sites for hydroxylation is 1. The Bertz CT molecular complexity index is 1300. The summed E-state index contributed by atoms with van der Waals surface area (Å²) in [7, 11) is 0. The molecule has 4 rings (SSSR count). The normalized spacial score (nSPS) is 17.9. The summed E-state index contributed by atoms with van der Waals surface area (Å²) in [5.41, 5.74) is 2.67. The number of nitrogens with zero attached hydrogens (tertiary/aromatic N) is 2. The van der Waals surface area contributed by atoms with Crippen LogP contribution in [0.1, 0.15) is 75.7 Å². The highest BCUT2D eigenvalue weighted by Crippen LogP contribution is 2.38. The van der Waals surface area contributed by atoms with Crippen molar-refractivity contribution in [2.24, 2.45) is 5.41 Å². The summed E-state index contributed by atoms with van der Waals surface area (Å²) in [5.74, 6) is -0.877. The summed E-state index contributed by atoms with van der Waals surface area (Å²) in [6.07, 6.45) is 5.41. The number of benzene rings is 2. The molecule has 41 heavy (non-hydrogen) atoms. The lowest BCUT2D eigenvalue weighted by molar-refractivity contribution is -0.127. The van der Waals surface area contributed by atoms with Crippen molar-refractivity contribution in [2.75, 3.05) is 34.8 Å². The van der Waals surface area contributed by atoms with Gasteiger partial charge in [0.2, 0.25) is 0 Å². The number of ether oxygens (including phenoxy) is 1. The number of anilines is 3. The van der Waals surface area contributed by atoms with E-state index in [1.165, 1.54) is 12.5 Å². The highest BCUT2D eigenvalue weighted by molar-refractivity contribution is 6.08. The van der Waals surface area contributed by atoms with Crippen LogP contribution in [0.15, 0.2) is 42.5 Å². The van der Waals surface area contributed by atoms with Gasteiger partial charge in [-0.15, -0.1) is 0 Å². The van der Waals surface area contributed by atoms with Crippen molar-refractivity contribution in [3.05, 3.63) is 53.6 Å². The zero-order chi connectivity index (χ0) is 29.7. The van der Waals surface area contributed by atoms with Gasteiger partial charge in [-0.2, -0.15) is 0 Å². The number of hydrogen-bond acceptors (Lipinski definition) is 6. The minimum absolute atomic E-state index is 0.0663. The molecule has 0 spiro atoms. The van der Waals surface area contributed by atoms with Crippen molar-refractivity contribution in [3.63, 3.8) is 0 Å². The molecular formula is C32H42N4O5. The van der Waals surface area contributed by atoms with Crippen LogP contribution in [-0.4, -0.2) is 55.5 Å². The summed E-state index contributed by atoms with van der Waals surface area (Å²) in [4.78, 5) is 56.6. The highest BCUT2D eigenvalue weighted by atomic mass is 16.5. The maximum Gasteiger partial charge on any atom is 0.338 e. The topological polar surface area (TPSA) is 108 Å². The molecule has 0 radical (unpaired) electrons. The first-order chi connectivity index (χ1) is 19.5. The molecule has 2 aromatic carbocycles. The summed E-state index contributed by atoms with van der Waals surface area (Å²) in [6.45, 7) is 9.68. The van der Waals surface area contributed by atoms with E-state index in [-0.39, 0.29) is 37.4 Å². The van der Waals surface area contributed by atoms with Gasteiger partial charge in [0.05, 0.1) is 30.1 Å². The minimum Gasteiger partial charge on any atom is -0.462 e.